The third-order valence-corrected chi connectivity index (χ3v) is 5.09. The molecule has 3 rings (SSSR count). The Bertz CT molecular complexity index is 878. The molecule has 1 aliphatic heterocycles. The fraction of sp³-hybridized carbons (Fsp3) is 0.522. The topological polar surface area (TPSA) is 67.2 Å². The van der Waals surface area contributed by atoms with Crippen LogP contribution in [0.4, 0.5) is 0 Å². The maximum atomic E-state index is 13.5. The number of carbonyl (C=O) groups excluding carboxylic acids is 2. The van der Waals surface area contributed by atoms with Gasteiger partial charge in [-0.15, -0.1) is 0 Å². The van der Waals surface area contributed by atoms with Gasteiger partial charge in [-0.25, -0.2) is 4.98 Å². The van der Waals surface area contributed by atoms with Crippen LogP contribution in [0.1, 0.15) is 79.8 Å². The lowest BCUT2D eigenvalue weighted by Gasteiger charge is -2.27. The second-order valence-corrected chi connectivity index (χ2v) is 9.06. The molecule has 2 amide bonds. The van der Waals surface area contributed by atoms with Gasteiger partial charge in [-0.05, 0) is 59.4 Å². The van der Waals surface area contributed by atoms with E-state index in [1.54, 1.807) is 0 Å². The standard InChI is InChI=1S/C23H32N4O2/c1-16(2)27(15-17-11-7-6-8-12-17)22(29)20-24-19(21(28)25-23(3,4)5)18-13-9-10-14-26(18)20/h6-8,11-12,16H,9-10,13-15H2,1-5H3,(H,25,28). The fourth-order valence-electron chi connectivity index (χ4n) is 3.69. The first-order valence-electron chi connectivity index (χ1n) is 10.4. The molecule has 1 aromatic heterocycles. The SMILES string of the molecule is CC(C)N(Cc1ccccc1)C(=O)c1nc(C(=O)NC(C)(C)C)c2n1CCCC2. The average Bonchev–Trinajstić information content (AvgIpc) is 3.05. The van der Waals surface area contributed by atoms with Crippen LogP contribution in [0.3, 0.4) is 0 Å². The molecule has 0 atom stereocenters. The van der Waals surface area contributed by atoms with E-state index in [0.717, 1.165) is 37.1 Å². The lowest BCUT2D eigenvalue weighted by atomic mass is 10.1. The number of hydrogen-bond donors (Lipinski definition) is 1. The molecule has 0 radical (unpaired) electrons. The van der Waals surface area contributed by atoms with Crippen LogP contribution < -0.4 is 5.32 Å². The number of imidazole rings is 1. The van der Waals surface area contributed by atoms with E-state index in [1.807, 2.05) is 74.4 Å². The van der Waals surface area contributed by atoms with Crippen LogP contribution in [0, 0.1) is 0 Å². The highest BCUT2D eigenvalue weighted by molar-refractivity contribution is 5.97. The van der Waals surface area contributed by atoms with E-state index in [2.05, 4.69) is 10.3 Å². The maximum Gasteiger partial charge on any atom is 0.290 e. The van der Waals surface area contributed by atoms with Gasteiger partial charge < -0.3 is 14.8 Å². The average molecular weight is 397 g/mol. The molecule has 1 N–H and O–H groups in total. The Labute approximate surface area is 173 Å². The first kappa shape index (κ1) is 21.1. The molecule has 29 heavy (non-hydrogen) atoms. The normalized spacial score (nSPS) is 13.9. The zero-order valence-electron chi connectivity index (χ0n) is 18.2. The van der Waals surface area contributed by atoms with E-state index in [-0.39, 0.29) is 23.4 Å². The van der Waals surface area contributed by atoms with Gasteiger partial charge in [-0.3, -0.25) is 9.59 Å². The van der Waals surface area contributed by atoms with Crippen molar-refractivity contribution in [2.45, 2.75) is 78.6 Å². The molecule has 0 aliphatic carbocycles. The molecule has 0 unspecified atom stereocenters. The number of fused-ring (bicyclic) bond motifs is 1. The Morgan fingerprint density at radius 3 is 2.48 bits per heavy atom. The molecule has 0 bridgehead atoms. The number of benzene rings is 1. The molecule has 6 nitrogen and oxygen atoms in total. The van der Waals surface area contributed by atoms with Crippen LogP contribution in [-0.4, -0.2) is 37.8 Å². The van der Waals surface area contributed by atoms with E-state index in [4.69, 9.17) is 0 Å². The fourth-order valence-corrected chi connectivity index (χ4v) is 3.69. The number of carbonyl (C=O) groups is 2. The summed E-state index contributed by atoms with van der Waals surface area (Å²) >= 11 is 0. The van der Waals surface area contributed by atoms with Crippen molar-refractivity contribution in [3.05, 3.63) is 53.1 Å². The van der Waals surface area contributed by atoms with E-state index in [0.29, 0.717) is 18.1 Å². The Kier molecular flexibility index (Phi) is 6.10. The molecule has 1 aromatic carbocycles. The molecular formula is C23H32N4O2. The van der Waals surface area contributed by atoms with Crippen molar-refractivity contribution in [3.63, 3.8) is 0 Å². The van der Waals surface area contributed by atoms with Crippen molar-refractivity contribution in [2.24, 2.45) is 0 Å². The van der Waals surface area contributed by atoms with Crippen molar-refractivity contribution in [1.29, 1.82) is 0 Å². The number of amides is 2. The number of hydrogen-bond acceptors (Lipinski definition) is 3. The Morgan fingerprint density at radius 2 is 1.86 bits per heavy atom. The van der Waals surface area contributed by atoms with Crippen LogP contribution >= 0.6 is 0 Å². The molecular weight excluding hydrogens is 364 g/mol. The maximum absolute atomic E-state index is 13.5. The lowest BCUT2D eigenvalue weighted by molar-refractivity contribution is 0.0671. The van der Waals surface area contributed by atoms with Gasteiger partial charge in [0.2, 0.25) is 0 Å². The summed E-state index contributed by atoms with van der Waals surface area (Å²) < 4.78 is 1.96. The Hall–Kier alpha value is -2.63. The van der Waals surface area contributed by atoms with E-state index in [9.17, 15) is 9.59 Å². The lowest BCUT2D eigenvalue weighted by Crippen LogP contribution is -2.41. The quantitative estimate of drug-likeness (QED) is 0.836. The Balaban J connectivity index is 1.96. The highest BCUT2D eigenvalue weighted by Gasteiger charge is 2.31. The van der Waals surface area contributed by atoms with Gasteiger partial charge >= 0.3 is 0 Å². The van der Waals surface area contributed by atoms with Crippen molar-refractivity contribution < 1.29 is 9.59 Å². The summed E-state index contributed by atoms with van der Waals surface area (Å²) in [5.41, 5.74) is 1.99. The minimum Gasteiger partial charge on any atom is -0.346 e. The number of nitrogens with one attached hydrogen (secondary N) is 1. The molecule has 0 spiro atoms. The minimum atomic E-state index is -0.357. The van der Waals surface area contributed by atoms with Gasteiger partial charge in [0.15, 0.2) is 5.82 Å². The van der Waals surface area contributed by atoms with Crippen LogP contribution in [0.2, 0.25) is 0 Å². The molecule has 0 saturated heterocycles. The van der Waals surface area contributed by atoms with Gasteiger partial charge in [0.1, 0.15) is 5.69 Å². The van der Waals surface area contributed by atoms with Crippen molar-refractivity contribution >= 4 is 11.8 Å². The number of rotatable bonds is 5. The summed E-state index contributed by atoms with van der Waals surface area (Å²) in [6.45, 7) is 11.1. The monoisotopic (exact) mass is 396 g/mol. The molecule has 0 fully saturated rings. The van der Waals surface area contributed by atoms with Gasteiger partial charge in [-0.2, -0.15) is 0 Å². The van der Waals surface area contributed by atoms with Crippen molar-refractivity contribution in [2.75, 3.05) is 0 Å². The molecule has 2 aromatic rings. The first-order valence-corrected chi connectivity index (χ1v) is 10.4. The smallest absolute Gasteiger partial charge is 0.290 e. The van der Waals surface area contributed by atoms with Crippen molar-refractivity contribution in [3.8, 4) is 0 Å². The molecule has 1 aliphatic rings. The van der Waals surface area contributed by atoms with E-state index >= 15 is 0 Å². The van der Waals surface area contributed by atoms with Gasteiger partial charge in [0.05, 0.1) is 5.69 Å². The summed E-state index contributed by atoms with van der Waals surface area (Å²) in [4.78, 5) is 32.8. The van der Waals surface area contributed by atoms with Crippen LogP contribution in [-0.2, 0) is 19.5 Å². The van der Waals surface area contributed by atoms with Gasteiger partial charge in [-0.1, -0.05) is 30.3 Å². The van der Waals surface area contributed by atoms with Crippen molar-refractivity contribution in [1.82, 2.24) is 19.8 Å². The molecule has 0 saturated carbocycles. The molecule has 6 heteroatoms. The zero-order valence-corrected chi connectivity index (χ0v) is 18.2. The number of aromatic nitrogens is 2. The third kappa shape index (κ3) is 4.86. The van der Waals surface area contributed by atoms with Crippen LogP contribution in [0.5, 0.6) is 0 Å². The van der Waals surface area contributed by atoms with Gasteiger partial charge in [0, 0.05) is 24.7 Å². The largest absolute Gasteiger partial charge is 0.346 e. The predicted molar refractivity (Wildman–Crippen MR) is 114 cm³/mol. The summed E-state index contributed by atoms with van der Waals surface area (Å²) in [6, 6.07) is 9.98. The summed E-state index contributed by atoms with van der Waals surface area (Å²) in [6.07, 6.45) is 2.77. The van der Waals surface area contributed by atoms with Crippen LogP contribution in [0.15, 0.2) is 30.3 Å². The van der Waals surface area contributed by atoms with E-state index < -0.39 is 0 Å². The third-order valence-electron chi connectivity index (χ3n) is 5.09. The summed E-state index contributed by atoms with van der Waals surface area (Å²) in [5, 5.41) is 2.99. The number of nitrogens with zero attached hydrogens (tertiary/aromatic N) is 3. The zero-order chi connectivity index (χ0) is 21.2. The summed E-state index contributed by atoms with van der Waals surface area (Å²) in [7, 11) is 0. The second-order valence-electron chi connectivity index (χ2n) is 9.06. The highest BCUT2D eigenvalue weighted by atomic mass is 16.2. The first-order chi connectivity index (χ1) is 13.7. The second kappa shape index (κ2) is 8.39. The minimum absolute atomic E-state index is 0.0195. The highest BCUT2D eigenvalue weighted by Crippen LogP contribution is 2.23. The van der Waals surface area contributed by atoms with Crippen LogP contribution in [0.25, 0.3) is 0 Å². The summed E-state index contributed by atoms with van der Waals surface area (Å²) in [5.74, 6) is 0.0477. The predicted octanol–water partition coefficient (Wildman–Crippen LogP) is 3.80. The van der Waals surface area contributed by atoms with E-state index in [1.165, 1.54) is 0 Å². The van der Waals surface area contributed by atoms with Gasteiger partial charge in [0.25, 0.3) is 11.8 Å². The molecule has 2 heterocycles. The Morgan fingerprint density at radius 1 is 1.17 bits per heavy atom. The molecule has 156 valence electrons.